The van der Waals surface area contributed by atoms with Crippen LogP contribution in [-0.4, -0.2) is 9.55 Å². The molecule has 0 saturated carbocycles. The summed E-state index contributed by atoms with van der Waals surface area (Å²) in [5.41, 5.74) is 5.49. The molecular formula is C19H17N3. The number of hydrogen-bond donors (Lipinski definition) is 0. The molecular weight excluding hydrogens is 270 g/mol. The maximum Gasteiger partial charge on any atom is 0.134 e. The summed E-state index contributed by atoms with van der Waals surface area (Å²) in [5, 5.41) is 9.11. The lowest BCUT2D eigenvalue weighted by atomic mass is 10.1. The largest absolute Gasteiger partial charge is 0.310 e. The molecule has 1 heterocycles. The van der Waals surface area contributed by atoms with Crippen molar-refractivity contribution in [1.82, 2.24) is 9.55 Å². The van der Waals surface area contributed by atoms with Crippen LogP contribution in [0.25, 0.3) is 23.2 Å². The van der Waals surface area contributed by atoms with Crippen LogP contribution >= 0.6 is 0 Å². The minimum Gasteiger partial charge on any atom is -0.310 e. The summed E-state index contributed by atoms with van der Waals surface area (Å²) >= 11 is 0. The molecule has 0 radical (unpaired) electrons. The number of benzene rings is 2. The minimum atomic E-state index is 0.299. The number of nitriles is 1. The molecule has 22 heavy (non-hydrogen) atoms. The van der Waals surface area contributed by atoms with Gasteiger partial charge in [-0.1, -0.05) is 36.4 Å². The first-order chi connectivity index (χ1) is 10.7. The zero-order chi connectivity index (χ0) is 15.5. The van der Waals surface area contributed by atoms with Crippen molar-refractivity contribution in [3.05, 3.63) is 65.0 Å². The van der Waals surface area contributed by atoms with E-state index in [0.717, 1.165) is 22.4 Å². The third-order valence-electron chi connectivity index (χ3n) is 3.85. The third-order valence-corrected chi connectivity index (χ3v) is 3.85. The van der Waals surface area contributed by atoms with Gasteiger partial charge >= 0.3 is 0 Å². The van der Waals surface area contributed by atoms with Crippen molar-refractivity contribution in [2.45, 2.75) is 20.4 Å². The molecule has 3 nitrogen and oxygen atoms in total. The number of fused-ring (bicyclic) bond motifs is 1. The predicted octanol–water partition coefficient (Wildman–Crippen LogP) is 4.35. The number of aromatic nitrogens is 2. The molecule has 0 aliphatic rings. The Bertz CT molecular complexity index is 880. The van der Waals surface area contributed by atoms with Gasteiger partial charge in [0.15, 0.2) is 0 Å². The fraction of sp³-hybridized carbons (Fsp3) is 0.158. The van der Waals surface area contributed by atoms with E-state index >= 15 is 0 Å². The van der Waals surface area contributed by atoms with Gasteiger partial charge in [0, 0.05) is 0 Å². The lowest BCUT2D eigenvalue weighted by molar-refractivity contribution is 0.847. The van der Waals surface area contributed by atoms with Crippen LogP contribution in [0.4, 0.5) is 0 Å². The van der Waals surface area contributed by atoms with Crippen molar-refractivity contribution >= 4 is 23.2 Å². The second kappa shape index (κ2) is 5.87. The molecule has 0 fully saturated rings. The topological polar surface area (TPSA) is 41.6 Å². The average molecular weight is 287 g/mol. The van der Waals surface area contributed by atoms with Crippen LogP contribution in [0.5, 0.6) is 0 Å². The molecule has 0 amide bonds. The van der Waals surface area contributed by atoms with E-state index < -0.39 is 0 Å². The zero-order valence-electron chi connectivity index (χ0n) is 12.7. The molecule has 0 saturated heterocycles. The highest BCUT2D eigenvalue weighted by molar-refractivity contribution is 5.81. The second-order valence-electron chi connectivity index (χ2n) is 5.38. The number of rotatable bonds is 3. The van der Waals surface area contributed by atoms with E-state index in [1.165, 1.54) is 11.1 Å². The molecule has 2 aromatic carbocycles. The Morgan fingerprint density at radius 2 is 1.82 bits per heavy atom. The number of aryl methyl sites for hydroxylation is 2. The van der Waals surface area contributed by atoms with E-state index in [2.05, 4.69) is 37.0 Å². The van der Waals surface area contributed by atoms with Crippen molar-refractivity contribution < 1.29 is 0 Å². The van der Waals surface area contributed by atoms with Gasteiger partial charge < -0.3 is 4.57 Å². The fourth-order valence-electron chi connectivity index (χ4n) is 2.50. The van der Waals surface area contributed by atoms with Gasteiger partial charge in [-0.25, -0.2) is 4.98 Å². The lowest BCUT2D eigenvalue weighted by Crippen LogP contribution is -1.98. The second-order valence-corrected chi connectivity index (χ2v) is 5.38. The molecule has 0 N–H and O–H groups in total. The van der Waals surface area contributed by atoms with Crippen molar-refractivity contribution in [3.63, 3.8) is 0 Å². The Balaban J connectivity index is 2.10. The van der Waals surface area contributed by atoms with Gasteiger partial charge in [0.05, 0.1) is 17.1 Å². The van der Waals surface area contributed by atoms with Crippen molar-refractivity contribution in [2.24, 2.45) is 0 Å². The summed E-state index contributed by atoms with van der Waals surface area (Å²) in [4.78, 5) is 4.67. The van der Waals surface area contributed by atoms with Crippen LogP contribution in [0.2, 0.25) is 0 Å². The van der Waals surface area contributed by atoms with E-state index in [0.29, 0.717) is 6.54 Å². The van der Waals surface area contributed by atoms with Crippen molar-refractivity contribution in [3.8, 4) is 6.07 Å². The molecule has 0 spiro atoms. The van der Waals surface area contributed by atoms with Crippen LogP contribution in [0.15, 0.2) is 42.5 Å². The van der Waals surface area contributed by atoms with E-state index in [-0.39, 0.29) is 0 Å². The fourth-order valence-corrected chi connectivity index (χ4v) is 2.50. The zero-order valence-corrected chi connectivity index (χ0v) is 12.7. The first-order valence-electron chi connectivity index (χ1n) is 7.26. The monoisotopic (exact) mass is 287 g/mol. The quantitative estimate of drug-likeness (QED) is 0.718. The Morgan fingerprint density at radius 3 is 2.55 bits per heavy atom. The maximum absolute atomic E-state index is 9.11. The maximum atomic E-state index is 9.11. The van der Waals surface area contributed by atoms with Gasteiger partial charge in [-0.05, 0) is 48.7 Å². The number of nitrogens with zero attached hydrogens (tertiary/aromatic N) is 3. The van der Waals surface area contributed by atoms with Gasteiger partial charge in [-0.2, -0.15) is 5.26 Å². The molecule has 0 unspecified atom stereocenters. The summed E-state index contributed by atoms with van der Waals surface area (Å²) < 4.78 is 1.96. The van der Waals surface area contributed by atoms with Gasteiger partial charge in [-0.15, -0.1) is 0 Å². The Labute approximate surface area is 130 Å². The molecule has 0 aliphatic heterocycles. The van der Waals surface area contributed by atoms with E-state index in [4.69, 9.17) is 5.26 Å². The third kappa shape index (κ3) is 2.64. The van der Waals surface area contributed by atoms with Gasteiger partial charge in [-0.3, -0.25) is 0 Å². The first kappa shape index (κ1) is 14.1. The van der Waals surface area contributed by atoms with Crippen LogP contribution < -0.4 is 0 Å². The lowest BCUT2D eigenvalue weighted by Gasteiger charge is -2.03. The predicted molar refractivity (Wildman–Crippen MR) is 90.2 cm³/mol. The van der Waals surface area contributed by atoms with Crippen molar-refractivity contribution in [1.29, 1.82) is 5.26 Å². The number of hydrogen-bond acceptors (Lipinski definition) is 2. The van der Waals surface area contributed by atoms with Crippen LogP contribution in [0, 0.1) is 25.2 Å². The molecule has 108 valence electrons. The molecule has 3 aromatic rings. The Kier molecular flexibility index (Phi) is 3.76. The standard InChI is InChI=1S/C19H17N3/c1-14-12-17-18(13-15(14)2)22(11-10-20)19(21-17)9-8-16-6-4-3-5-7-16/h3-9,12-13H,11H2,1-2H3/b9-8+. The summed E-state index contributed by atoms with van der Waals surface area (Å²) in [6.07, 6.45) is 3.99. The first-order valence-corrected chi connectivity index (χ1v) is 7.26. The van der Waals surface area contributed by atoms with Crippen LogP contribution in [-0.2, 0) is 6.54 Å². The Morgan fingerprint density at radius 1 is 1.09 bits per heavy atom. The molecule has 0 aliphatic carbocycles. The summed E-state index contributed by atoms with van der Waals surface area (Å²) in [6.45, 7) is 4.46. The van der Waals surface area contributed by atoms with E-state index in [9.17, 15) is 0 Å². The van der Waals surface area contributed by atoms with Crippen molar-refractivity contribution in [2.75, 3.05) is 0 Å². The van der Waals surface area contributed by atoms with Crippen LogP contribution in [0.3, 0.4) is 0 Å². The molecule has 1 aromatic heterocycles. The summed E-state index contributed by atoms with van der Waals surface area (Å²) in [5.74, 6) is 0.811. The number of imidazole rings is 1. The molecule has 0 bridgehead atoms. The van der Waals surface area contributed by atoms with Gasteiger partial charge in [0.25, 0.3) is 0 Å². The van der Waals surface area contributed by atoms with Gasteiger partial charge in [0.2, 0.25) is 0 Å². The Hall–Kier alpha value is -2.86. The normalized spacial score (nSPS) is 11.1. The highest BCUT2D eigenvalue weighted by Crippen LogP contribution is 2.22. The molecule has 3 heteroatoms. The molecule has 0 atom stereocenters. The smallest absolute Gasteiger partial charge is 0.134 e. The summed E-state index contributed by atoms with van der Waals surface area (Å²) in [6, 6.07) is 16.5. The van der Waals surface area contributed by atoms with E-state index in [1.807, 2.05) is 47.1 Å². The van der Waals surface area contributed by atoms with Crippen LogP contribution in [0.1, 0.15) is 22.5 Å². The minimum absolute atomic E-state index is 0.299. The highest BCUT2D eigenvalue weighted by Gasteiger charge is 2.09. The average Bonchev–Trinajstić information content (AvgIpc) is 2.84. The van der Waals surface area contributed by atoms with E-state index in [1.54, 1.807) is 0 Å². The highest BCUT2D eigenvalue weighted by atomic mass is 15.1. The summed E-state index contributed by atoms with van der Waals surface area (Å²) in [7, 11) is 0. The van der Waals surface area contributed by atoms with Gasteiger partial charge in [0.1, 0.15) is 12.4 Å². The SMILES string of the molecule is Cc1cc2nc(/C=C/c3ccccc3)n(CC#N)c2cc1C. The molecule has 3 rings (SSSR count).